The van der Waals surface area contributed by atoms with Crippen molar-refractivity contribution < 1.29 is 37.9 Å². The van der Waals surface area contributed by atoms with Crippen molar-refractivity contribution in [3.8, 4) is 62.3 Å². The Morgan fingerprint density at radius 2 is 0.735 bits per heavy atom. The van der Waals surface area contributed by atoms with E-state index in [1.165, 1.54) is 84.7 Å². The van der Waals surface area contributed by atoms with Gasteiger partial charge in [0.25, 0.3) is 0 Å². The lowest BCUT2D eigenvalue weighted by Gasteiger charge is -2.34. The van der Waals surface area contributed by atoms with Crippen molar-refractivity contribution in [3.05, 3.63) is 150 Å². The summed E-state index contributed by atoms with van der Waals surface area (Å²) in [5.74, 6) is 3.17. The second-order valence-electron chi connectivity index (χ2n) is 28.5. The number of ether oxygens (including phenoxy) is 8. The van der Waals surface area contributed by atoms with Crippen LogP contribution in [0.5, 0.6) is 17.2 Å². The summed E-state index contributed by atoms with van der Waals surface area (Å²) in [5, 5.41) is 29.6. The molecular weight excluding hydrogens is 1280 g/mol. The maximum absolute atomic E-state index is 6.12. The highest BCUT2D eigenvalue weighted by Crippen LogP contribution is 2.33. The zero-order valence-corrected chi connectivity index (χ0v) is 65.0. The SMILES string of the molecule is CCCCN(C)Cc1cn[nH]c1-c1ccc(C(C)(C)COC)cc1.CCCCN(C)Cc1cn[nH]c1-c1ccc(OC(COC)CC(C)C)cc1.CCCCN(C)Cc1cn[nH]c1-c1ccc(OC(COC)COC)cc1.CCCCN(C)Cc1cn[nH]c1-c1ccc(OC2CC(OC)C2)cc1. The van der Waals surface area contributed by atoms with Crippen LogP contribution in [0.4, 0.5) is 0 Å². The van der Waals surface area contributed by atoms with E-state index in [-0.39, 0.29) is 23.7 Å². The van der Waals surface area contributed by atoms with Gasteiger partial charge in [-0.15, -0.1) is 0 Å². The van der Waals surface area contributed by atoms with E-state index in [9.17, 15) is 0 Å². The molecule has 1 fully saturated rings. The molecule has 20 nitrogen and oxygen atoms in total. The lowest BCUT2D eigenvalue weighted by molar-refractivity contribution is -0.0381. The molecule has 0 saturated heterocycles. The van der Waals surface area contributed by atoms with Crippen LogP contribution in [0.25, 0.3) is 45.0 Å². The molecule has 8 aromatic rings. The lowest BCUT2D eigenvalue weighted by Crippen LogP contribution is -2.38. The molecule has 4 heterocycles. The molecule has 4 aromatic heterocycles. The zero-order chi connectivity index (χ0) is 73.7. The molecule has 0 amide bonds. The van der Waals surface area contributed by atoms with Gasteiger partial charge in [0.1, 0.15) is 35.6 Å². The molecule has 20 heteroatoms. The fourth-order valence-electron chi connectivity index (χ4n) is 12.3. The number of H-pyrrole nitrogens is 4. The molecule has 1 atom stereocenters. The van der Waals surface area contributed by atoms with E-state index in [0.29, 0.717) is 38.4 Å². The number of aromatic nitrogens is 8. The fraction of sp³-hybridized carbons (Fsp3) is 0.561. The monoisotopic (exact) mass is 1410 g/mol. The number of nitrogens with zero attached hydrogens (tertiary/aromatic N) is 8. The first-order valence-corrected chi connectivity index (χ1v) is 37.1. The molecule has 102 heavy (non-hydrogen) atoms. The summed E-state index contributed by atoms with van der Waals surface area (Å²) < 4.78 is 44.3. The standard InChI is InChI=1S/C22H35N3O2.C20H31N3O3.C20H29N3O2.C20H31N3O/c1-6-7-12-25(4)15-19-14-23-24-22(19)18-8-10-20(11-9-18)27-21(16-26-5)13-17(2)3;1-5-6-11-23(2)13-17-12-21-22-20(17)16-7-9-18(10-8-16)26-19(14-24-3)15-25-4;1-4-5-10-23(2)14-16-13-21-22-20(16)15-6-8-17(9-7-15)25-19-11-18(12-19)24-3;1-6-7-12-23(4)14-17-13-21-22-19(17)16-8-10-18(11-9-16)20(2,3)15-24-5/h8-11,14,17,21H,6-7,12-13,15-16H2,1-5H3,(H,23,24);7-10,12,19H,5-6,11,13-15H2,1-4H3,(H,21,22);6-9,13,18-19H,4-5,10-12,14H2,1-3H3,(H,21,22);8-11,13H,6-7,12,14-15H2,1-5H3,(H,21,22). The minimum absolute atomic E-state index is 0.0183. The summed E-state index contributed by atoms with van der Waals surface area (Å²) in [6.45, 7) is 28.0. The maximum atomic E-state index is 6.12. The van der Waals surface area contributed by atoms with E-state index in [0.717, 1.165) is 128 Å². The Balaban J connectivity index is 0.000000214. The van der Waals surface area contributed by atoms with Crippen LogP contribution in [-0.4, -0.2) is 201 Å². The second kappa shape index (κ2) is 45.8. The number of rotatable bonds is 42. The minimum Gasteiger partial charge on any atom is -0.490 e. The molecule has 562 valence electrons. The highest BCUT2D eigenvalue weighted by Gasteiger charge is 2.31. The molecule has 0 radical (unpaired) electrons. The highest BCUT2D eigenvalue weighted by atomic mass is 16.6. The van der Waals surface area contributed by atoms with Gasteiger partial charge in [-0.3, -0.25) is 20.4 Å². The van der Waals surface area contributed by atoms with Crippen LogP contribution in [-0.2, 0) is 55.3 Å². The van der Waals surface area contributed by atoms with E-state index >= 15 is 0 Å². The number of aromatic amines is 4. The third-order valence-electron chi connectivity index (χ3n) is 18.2. The van der Waals surface area contributed by atoms with Gasteiger partial charge in [-0.25, -0.2) is 0 Å². The summed E-state index contributed by atoms with van der Waals surface area (Å²) in [5.41, 5.74) is 15.1. The number of methoxy groups -OCH3 is 5. The van der Waals surface area contributed by atoms with Crippen LogP contribution in [0.1, 0.15) is 154 Å². The normalized spacial score (nSPS) is 14.0. The van der Waals surface area contributed by atoms with Gasteiger partial charge in [-0.05, 0) is 176 Å². The molecule has 0 spiro atoms. The van der Waals surface area contributed by atoms with E-state index < -0.39 is 0 Å². The molecule has 1 aliphatic carbocycles. The molecule has 0 bridgehead atoms. The number of hydrogen-bond donors (Lipinski definition) is 4. The van der Waals surface area contributed by atoms with Crippen LogP contribution >= 0.6 is 0 Å². The predicted octanol–water partition coefficient (Wildman–Crippen LogP) is 16.2. The van der Waals surface area contributed by atoms with Gasteiger partial charge in [0.15, 0.2) is 0 Å². The summed E-state index contributed by atoms with van der Waals surface area (Å²) in [7, 11) is 17.2. The van der Waals surface area contributed by atoms with Crippen LogP contribution in [0.3, 0.4) is 0 Å². The molecule has 1 aliphatic rings. The molecule has 9 rings (SSSR count). The molecule has 0 aliphatic heterocycles. The van der Waals surface area contributed by atoms with E-state index in [2.05, 4.69) is 205 Å². The molecule has 4 aromatic carbocycles. The van der Waals surface area contributed by atoms with Crippen molar-refractivity contribution in [2.75, 3.05) is 116 Å². The largest absolute Gasteiger partial charge is 0.490 e. The van der Waals surface area contributed by atoms with E-state index in [1.807, 2.05) is 61.2 Å². The first-order valence-electron chi connectivity index (χ1n) is 37.1. The molecule has 1 saturated carbocycles. The first-order chi connectivity index (χ1) is 49.4. The third-order valence-corrected chi connectivity index (χ3v) is 18.2. The van der Waals surface area contributed by atoms with Crippen molar-refractivity contribution in [3.63, 3.8) is 0 Å². The Hall–Kier alpha value is -7.24. The Morgan fingerprint density at radius 3 is 1.04 bits per heavy atom. The van der Waals surface area contributed by atoms with Crippen molar-refractivity contribution in [1.82, 2.24) is 60.4 Å². The number of hydrogen-bond acceptors (Lipinski definition) is 16. The smallest absolute Gasteiger partial charge is 0.145 e. The van der Waals surface area contributed by atoms with Crippen molar-refractivity contribution >= 4 is 0 Å². The van der Waals surface area contributed by atoms with Gasteiger partial charge >= 0.3 is 0 Å². The molecule has 1 unspecified atom stereocenters. The summed E-state index contributed by atoms with van der Waals surface area (Å²) in [4.78, 5) is 9.37. The van der Waals surface area contributed by atoms with Gasteiger partial charge in [-0.1, -0.05) is 105 Å². The topological polar surface area (TPSA) is 202 Å². The van der Waals surface area contributed by atoms with Crippen molar-refractivity contribution in [2.24, 2.45) is 5.92 Å². The lowest BCUT2D eigenvalue weighted by atomic mass is 9.85. The predicted molar refractivity (Wildman–Crippen MR) is 414 cm³/mol. The summed E-state index contributed by atoms with van der Waals surface area (Å²) in [6, 6.07) is 33.3. The molecule has 4 N–H and O–H groups in total. The number of unbranched alkanes of at least 4 members (excludes halogenated alkanes) is 4. The maximum Gasteiger partial charge on any atom is 0.145 e. The Labute approximate surface area is 611 Å². The first kappa shape index (κ1) is 83.7. The number of nitrogens with one attached hydrogen (secondary N) is 4. The minimum atomic E-state index is -0.120. The quantitative estimate of drug-likeness (QED) is 0.0281. The number of benzene rings is 4. The average molecular weight is 1410 g/mol. The Bertz CT molecular complexity index is 3450. The highest BCUT2D eigenvalue weighted by molar-refractivity contribution is 5.66. The Morgan fingerprint density at radius 1 is 0.422 bits per heavy atom. The third kappa shape index (κ3) is 28.4. The van der Waals surface area contributed by atoms with Gasteiger partial charge in [0.2, 0.25) is 0 Å². The van der Waals surface area contributed by atoms with Crippen molar-refractivity contribution in [2.45, 2.75) is 182 Å². The van der Waals surface area contributed by atoms with Crippen molar-refractivity contribution in [1.29, 1.82) is 0 Å². The van der Waals surface area contributed by atoms with E-state index in [4.69, 9.17) is 37.9 Å². The fourth-order valence-corrected chi connectivity index (χ4v) is 12.3. The van der Waals surface area contributed by atoms with Crippen LogP contribution in [0.15, 0.2) is 122 Å². The average Bonchev–Trinajstić information content (AvgIpc) is 1.65. The van der Waals surface area contributed by atoms with Gasteiger partial charge in [-0.2, -0.15) is 20.4 Å². The van der Waals surface area contributed by atoms with E-state index in [1.54, 1.807) is 35.5 Å². The Kier molecular flexibility index (Phi) is 37.6. The van der Waals surface area contributed by atoms with Crippen LogP contribution < -0.4 is 14.2 Å². The van der Waals surface area contributed by atoms with Gasteiger partial charge in [0, 0.05) is 119 Å². The summed E-state index contributed by atoms with van der Waals surface area (Å²) >= 11 is 0. The summed E-state index contributed by atoms with van der Waals surface area (Å²) in [6.07, 6.45) is 21.0. The molecular formula is C82H126N12O8. The second-order valence-corrected chi connectivity index (χ2v) is 28.5. The van der Waals surface area contributed by atoms with Gasteiger partial charge < -0.3 is 57.5 Å². The van der Waals surface area contributed by atoms with Gasteiger partial charge in [0.05, 0.1) is 80.1 Å². The zero-order valence-electron chi connectivity index (χ0n) is 65.0. The van der Waals surface area contributed by atoms with Crippen LogP contribution in [0, 0.1) is 5.92 Å². The van der Waals surface area contributed by atoms with Crippen LogP contribution in [0.2, 0.25) is 0 Å².